The lowest BCUT2D eigenvalue weighted by Crippen LogP contribution is -2.24. The highest BCUT2D eigenvalue weighted by molar-refractivity contribution is 5.85. The molecule has 2 aromatic heterocycles. The minimum atomic E-state index is -0.491. The second-order valence-electron chi connectivity index (χ2n) is 9.17. The number of fused-ring (bicyclic) bond motifs is 1. The predicted octanol–water partition coefficient (Wildman–Crippen LogP) is 8.21. The first-order valence-corrected chi connectivity index (χ1v) is 11.9. The van der Waals surface area contributed by atoms with Gasteiger partial charge in [-0.15, -0.1) is 6.58 Å². The molecule has 0 aliphatic rings. The summed E-state index contributed by atoms with van der Waals surface area (Å²) in [7, 11) is 0. The number of hydrogen-bond acceptors (Lipinski definition) is 2. The van der Waals surface area contributed by atoms with Crippen LogP contribution in [0.1, 0.15) is 36.6 Å². The predicted molar refractivity (Wildman–Crippen MR) is 139 cm³/mol. The highest BCUT2D eigenvalue weighted by atomic mass is 19.1. The van der Waals surface area contributed by atoms with Crippen molar-refractivity contribution in [2.75, 3.05) is 0 Å². The molecule has 0 saturated carbocycles. The largest absolute Gasteiger partial charge is 0.454 e. The van der Waals surface area contributed by atoms with Gasteiger partial charge in [-0.25, -0.2) is 13.8 Å². The van der Waals surface area contributed by atoms with Crippen LogP contribution in [0.5, 0.6) is 11.5 Å². The number of benzene rings is 3. The third-order valence-electron chi connectivity index (χ3n) is 6.85. The number of nitrogens with one attached hydrogen (secondary N) is 2. The topological polar surface area (TPSA) is 53.7 Å². The number of nitrogens with zero attached hydrogens (tertiary/aromatic N) is 1. The molecule has 6 heteroatoms. The molecule has 0 saturated heterocycles. The van der Waals surface area contributed by atoms with Crippen LogP contribution in [0.15, 0.2) is 85.7 Å². The first-order chi connectivity index (χ1) is 17.4. The van der Waals surface area contributed by atoms with E-state index in [-0.39, 0.29) is 16.7 Å². The molecule has 0 bridgehead atoms. The average Bonchev–Trinajstić information content (AvgIpc) is 3.57. The fraction of sp³-hybridized carbons (Fsp3) is 0.167. The summed E-state index contributed by atoms with van der Waals surface area (Å²) in [5, 5.41) is 0.865. The first-order valence-electron chi connectivity index (χ1n) is 11.9. The van der Waals surface area contributed by atoms with E-state index >= 15 is 0 Å². The number of aromatic amines is 2. The van der Waals surface area contributed by atoms with E-state index in [0.717, 1.165) is 29.5 Å². The maximum atomic E-state index is 14.9. The van der Waals surface area contributed by atoms with Gasteiger partial charge < -0.3 is 14.7 Å². The zero-order chi connectivity index (χ0) is 25.3. The van der Waals surface area contributed by atoms with Gasteiger partial charge in [0.05, 0.1) is 5.56 Å². The number of halogens is 2. The minimum absolute atomic E-state index is 0.112. The zero-order valence-corrected chi connectivity index (χ0v) is 20.2. The van der Waals surface area contributed by atoms with Crippen LogP contribution in [0, 0.1) is 18.6 Å². The molecule has 0 radical (unpaired) electrons. The highest BCUT2D eigenvalue weighted by Gasteiger charge is 2.30. The van der Waals surface area contributed by atoms with E-state index in [1.54, 1.807) is 25.4 Å². The average molecular weight is 484 g/mol. The molecule has 5 aromatic rings. The SMILES string of the molecule is C=CCCC(C)(c1ccccc1)c1cnc(-c2cc(Oc3c(F)cc4[nH]ccc4c3C)ccc2F)[nH]1. The molecule has 0 aliphatic heterocycles. The molecule has 0 spiro atoms. The normalized spacial score (nSPS) is 13.0. The van der Waals surface area contributed by atoms with Gasteiger partial charge in [0.1, 0.15) is 17.4 Å². The van der Waals surface area contributed by atoms with E-state index in [1.807, 2.05) is 30.3 Å². The summed E-state index contributed by atoms with van der Waals surface area (Å²) in [6, 6.07) is 17.8. The van der Waals surface area contributed by atoms with E-state index < -0.39 is 11.6 Å². The molecule has 2 N–H and O–H groups in total. The second kappa shape index (κ2) is 9.46. The summed E-state index contributed by atoms with van der Waals surface area (Å²) in [5.74, 6) is -0.130. The number of imidazole rings is 1. The summed E-state index contributed by atoms with van der Waals surface area (Å²) in [6.45, 7) is 7.81. The van der Waals surface area contributed by atoms with E-state index in [1.165, 1.54) is 18.2 Å². The van der Waals surface area contributed by atoms with Crippen LogP contribution in [-0.2, 0) is 5.41 Å². The third kappa shape index (κ3) is 4.19. The van der Waals surface area contributed by atoms with Crippen molar-refractivity contribution in [1.82, 2.24) is 15.0 Å². The van der Waals surface area contributed by atoms with Crippen molar-refractivity contribution in [1.29, 1.82) is 0 Å². The van der Waals surface area contributed by atoms with Gasteiger partial charge in [0, 0.05) is 46.0 Å². The maximum Gasteiger partial charge on any atom is 0.168 e. The number of aryl methyl sites for hydroxylation is 1. The van der Waals surface area contributed by atoms with E-state index in [0.29, 0.717) is 22.7 Å². The molecule has 4 nitrogen and oxygen atoms in total. The van der Waals surface area contributed by atoms with Gasteiger partial charge in [0.2, 0.25) is 0 Å². The fourth-order valence-corrected chi connectivity index (χ4v) is 4.68. The van der Waals surface area contributed by atoms with Gasteiger partial charge in [0.15, 0.2) is 11.6 Å². The van der Waals surface area contributed by atoms with Crippen LogP contribution in [0.4, 0.5) is 8.78 Å². The Morgan fingerprint density at radius 2 is 1.86 bits per heavy atom. The summed E-state index contributed by atoms with van der Waals surface area (Å²) >= 11 is 0. The second-order valence-corrected chi connectivity index (χ2v) is 9.17. The number of rotatable bonds is 8. The van der Waals surface area contributed by atoms with Gasteiger partial charge >= 0.3 is 0 Å². The first kappa shape index (κ1) is 23.5. The van der Waals surface area contributed by atoms with Gasteiger partial charge in [-0.3, -0.25) is 0 Å². The van der Waals surface area contributed by atoms with Gasteiger partial charge in [0.25, 0.3) is 0 Å². The summed E-state index contributed by atoms with van der Waals surface area (Å²) < 4.78 is 35.7. The van der Waals surface area contributed by atoms with Gasteiger partial charge in [-0.1, -0.05) is 36.4 Å². The zero-order valence-electron chi connectivity index (χ0n) is 20.2. The van der Waals surface area contributed by atoms with Crippen LogP contribution in [0.2, 0.25) is 0 Å². The molecule has 1 unspecified atom stereocenters. The van der Waals surface area contributed by atoms with Crippen molar-refractivity contribution >= 4 is 10.9 Å². The fourth-order valence-electron chi connectivity index (χ4n) is 4.68. The lowest BCUT2D eigenvalue weighted by Gasteiger charge is -2.29. The van der Waals surface area contributed by atoms with Crippen LogP contribution < -0.4 is 4.74 Å². The summed E-state index contributed by atoms with van der Waals surface area (Å²) in [4.78, 5) is 10.8. The molecular weight excluding hydrogens is 456 g/mol. The van der Waals surface area contributed by atoms with Crippen molar-refractivity contribution in [3.05, 3.63) is 114 Å². The Morgan fingerprint density at radius 1 is 1.06 bits per heavy atom. The molecule has 0 amide bonds. The van der Waals surface area contributed by atoms with Crippen LogP contribution >= 0.6 is 0 Å². The standard InChI is InChI=1S/C30H27F2N3O/c1-4-5-14-30(3,20-9-7-6-8-10-20)27-18-34-29(35-27)23-16-21(11-12-24(23)31)36-28-19(2)22-13-15-33-26(22)17-25(28)32/h4,6-13,15-18,33H,1,5,14H2,2-3H3,(H,34,35). The van der Waals surface area contributed by atoms with Crippen molar-refractivity contribution in [2.45, 2.75) is 32.1 Å². The van der Waals surface area contributed by atoms with Crippen molar-refractivity contribution in [3.8, 4) is 22.9 Å². The Morgan fingerprint density at radius 3 is 2.64 bits per heavy atom. The van der Waals surface area contributed by atoms with Crippen LogP contribution in [0.25, 0.3) is 22.3 Å². The maximum absolute atomic E-state index is 14.9. The summed E-state index contributed by atoms with van der Waals surface area (Å²) in [6.07, 6.45) is 7.03. The molecule has 3 aromatic carbocycles. The molecule has 182 valence electrons. The van der Waals surface area contributed by atoms with Gasteiger partial charge in [-0.2, -0.15) is 0 Å². The van der Waals surface area contributed by atoms with Crippen molar-refractivity contribution in [3.63, 3.8) is 0 Å². The van der Waals surface area contributed by atoms with Crippen molar-refractivity contribution in [2.24, 2.45) is 0 Å². The van der Waals surface area contributed by atoms with E-state index in [4.69, 9.17) is 4.74 Å². The Labute approximate surface area is 208 Å². The lowest BCUT2D eigenvalue weighted by molar-refractivity contribution is 0.439. The van der Waals surface area contributed by atoms with E-state index in [2.05, 4.69) is 40.6 Å². The van der Waals surface area contributed by atoms with Gasteiger partial charge in [-0.05, 0) is 56.5 Å². The highest BCUT2D eigenvalue weighted by Crippen LogP contribution is 2.38. The number of hydrogen-bond donors (Lipinski definition) is 2. The Hall–Kier alpha value is -4.19. The monoisotopic (exact) mass is 483 g/mol. The molecule has 5 rings (SSSR count). The Kier molecular flexibility index (Phi) is 6.18. The third-order valence-corrected chi connectivity index (χ3v) is 6.85. The lowest BCUT2D eigenvalue weighted by atomic mass is 9.76. The number of aromatic nitrogens is 3. The minimum Gasteiger partial charge on any atom is -0.454 e. The Balaban J connectivity index is 1.51. The molecule has 0 fully saturated rings. The molecule has 0 aliphatic carbocycles. The quantitative estimate of drug-likeness (QED) is 0.219. The molecule has 1 atom stereocenters. The summed E-state index contributed by atoms with van der Waals surface area (Å²) in [5.41, 5.74) is 3.24. The number of allylic oxidation sites excluding steroid dienone is 1. The number of ether oxygens (including phenoxy) is 1. The molecular formula is C30H27F2N3O. The van der Waals surface area contributed by atoms with Crippen LogP contribution in [-0.4, -0.2) is 15.0 Å². The van der Waals surface area contributed by atoms with Crippen LogP contribution in [0.3, 0.4) is 0 Å². The van der Waals surface area contributed by atoms with Crippen molar-refractivity contribution < 1.29 is 13.5 Å². The number of H-pyrrole nitrogens is 2. The molecule has 36 heavy (non-hydrogen) atoms. The van der Waals surface area contributed by atoms with E-state index in [9.17, 15) is 8.78 Å². The molecule has 2 heterocycles. The Bertz CT molecular complexity index is 1540. The smallest absolute Gasteiger partial charge is 0.168 e.